The van der Waals surface area contributed by atoms with Gasteiger partial charge >= 0.3 is 41.5 Å². The molecule has 0 aromatic rings. The van der Waals surface area contributed by atoms with Gasteiger partial charge in [0.15, 0.2) is 5.41 Å². The molecule has 0 aromatic heterocycles. The zero-order valence-corrected chi connectivity index (χ0v) is 16.7. The molecular weight excluding hydrogens is 291 g/mol. The zero-order chi connectivity index (χ0) is 16.1. The van der Waals surface area contributed by atoms with Crippen molar-refractivity contribution < 1.29 is 50.8 Å². The topological polar surface area (TPSA) is 74.6 Å². The number of carboxylic acid groups (broad SMARTS) is 2. The molecule has 0 aliphatic carbocycles. The van der Waals surface area contributed by atoms with Crippen LogP contribution in [0.4, 0.5) is 0 Å². The third kappa shape index (κ3) is 9.16. The van der Waals surface area contributed by atoms with E-state index in [-0.39, 0.29) is 43.8 Å². The van der Waals surface area contributed by atoms with E-state index in [1.807, 2.05) is 0 Å². The van der Waals surface area contributed by atoms with Gasteiger partial charge in [-0.2, -0.15) is 0 Å². The summed E-state index contributed by atoms with van der Waals surface area (Å²) >= 11 is 0. The maximum Gasteiger partial charge on any atom is 1.00 e. The number of rotatable bonds is 14. The molecule has 0 spiro atoms. The van der Waals surface area contributed by atoms with Crippen molar-refractivity contribution in [1.29, 1.82) is 0 Å². The van der Waals surface area contributed by atoms with Crippen molar-refractivity contribution in [1.82, 2.24) is 0 Å². The predicted octanol–water partition coefficient (Wildman–Crippen LogP) is 1.98. The Bertz CT molecular complexity index is 297. The largest absolute Gasteiger partial charge is 1.00 e. The molecule has 22 heavy (non-hydrogen) atoms. The molecule has 4 nitrogen and oxygen atoms in total. The van der Waals surface area contributed by atoms with Gasteiger partial charge in [0.05, 0.1) is 0 Å². The van der Waals surface area contributed by atoms with Crippen LogP contribution in [0.25, 0.3) is 0 Å². The van der Waals surface area contributed by atoms with Crippen molar-refractivity contribution in [3.05, 3.63) is 0 Å². The van der Waals surface area contributed by atoms with Crippen LogP contribution in [0.3, 0.4) is 0 Å². The third-order valence-corrected chi connectivity index (χ3v) is 4.38. The summed E-state index contributed by atoms with van der Waals surface area (Å²) < 4.78 is 0. The summed E-state index contributed by atoms with van der Waals surface area (Å²) in [5, 5.41) is 18.3. The van der Waals surface area contributed by atoms with Crippen LogP contribution < -0.4 is 29.6 Å². The summed E-state index contributed by atoms with van der Waals surface area (Å²) in [6.07, 6.45) is 12.0. The van der Waals surface area contributed by atoms with Crippen LogP contribution in [0.15, 0.2) is 0 Å². The van der Waals surface area contributed by atoms with Crippen LogP contribution in [-0.2, 0) is 9.59 Å². The Morgan fingerprint density at radius 2 is 1.14 bits per heavy atom. The predicted molar refractivity (Wildman–Crippen MR) is 85.6 cm³/mol. The molecule has 0 fully saturated rings. The van der Waals surface area contributed by atoms with E-state index >= 15 is 0 Å². The van der Waals surface area contributed by atoms with Crippen molar-refractivity contribution in [3.8, 4) is 0 Å². The van der Waals surface area contributed by atoms with E-state index < -0.39 is 17.4 Å². The molecule has 0 radical (unpaired) electrons. The van der Waals surface area contributed by atoms with Crippen LogP contribution in [0, 0.1) is 5.41 Å². The average molecular weight is 324 g/mol. The molecular formula is C17H33NaO4. The number of carbonyl (C=O) groups is 2. The molecule has 0 saturated heterocycles. The van der Waals surface area contributed by atoms with Crippen molar-refractivity contribution in [2.45, 2.75) is 90.9 Å². The van der Waals surface area contributed by atoms with Crippen molar-refractivity contribution in [2.75, 3.05) is 0 Å². The van der Waals surface area contributed by atoms with Crippen molar-refractivity contribution in [2.24, 2.45) is 5.41 Å². The summed E-state index contributed by atoms with van der Waals surface area (Å²) in [6, 6.07) is 0. The van der Waals surface area contributed by atoms with Gasteiger partial charge in [-0.25, -0.2) is 0 Å². The number of hydrogen-bond donors (Lipinski definition) is 2. The molecule has 2 N–H and O–H groups in total. The quantitative estimate of drug-likeness (QED) is 0.291. The first-order valence-electron chi connectivity index (χ1n) is 8.48. The summed E-state index contributed by atoms with van der Waals surface area (Å²) in [5.74, 6) is -2.40. The smallest absolute Gasteiger partial charge is 1.00 e. The molecule has 0 heterocycles. The Labute approximate surface area is 158 Å². The summed E-state index contributed by atoms with van der Waals surface area (Å²) in [6.45, 7) is 3.85. The van der Waals surface area contributed by atoms with Crippen LogP contribution in [-0.4, -0.2) is 22.2 Å². The van der Waals surface area contributed by atoms with Gasteiger partial charge in [0.25, 0.3) is 0 Å². The van der Waals surface area contributed by atoms with Gasteiger partial charge < -0.3 is 11.6 Å². The normalized spacial score (nSPS) is 11.0. The van der Waals surface area contributed by atoms with Gasteiger partial charge in [-0.05, 0) is 12.8 Å². The number of aliphatic carboxylic acids is 2. The minimum absolute atomic E-state index is 0. The first-order chi connectivity index (χ1) is 10.0. The molecule has 0 rings (SSSR count). The number of hydrogen-bond acceptors (Lipinski definition) is 2. The number of carboxylic acids is 2. The zero-order valence-electron chi connectivity index (χ0n) is 15.7. The van der Waals surface area contributed by atoms with Gasteiger partial charge in [-0.3, -0.25) is 9.59 Å². The van der Waals surface area contributed by atoms with Gasteiger partial charge in [0, 0.05) is 0 Å². The molecule has 0 aromatic carbocycles. The molecule has 0 amide bonds. The fraction of sp³-hybridized carbons (Fsp3) is 0.882. The van der Waals surface area contributed by atoms with Gasteiger partial charge in [0.1, 0.15) is 0 Å². The minimum Gasteiger partial charge on any atom is -1.00 e. The maximum atomic E-state index is 11.2. The summed E-state index contributed by atoms with van der Waals surface area (Å²) in [7, 11) is 0. The first-order valence-corrected chi connectivity index (χ1v) is 8.48. The fourth-order valence-corrected chi connectivity index (χ4v) is 2.70. The van der Waals surface area contributed by atoms with Crippen LogP contribution in [0.5, 0.6) is 0 Å². The molecule has 0 aliphatic heterocycles. The Morgan fingerprint density at radius 3 is 1.45 bits per heavy atom. The molecule has 0 unspecified atom stereocenters. The summed E-state index contributed by atoms with van der Waals surface area (Å²) in [4.78, 5) is 22.4. The first kappa shape index (κ1) is 24.2. The van der Waals surface area contributed by atoms with E-state index in [0.717, 1.165) is 12.8 Å². The third-order valence-electron chi connectivity index (χ3n) is 4.38. The second-order valence-corrected chi connectivity index (χ2v) is 5.98. The second-order valence-electron chi connectivity index (χ2n) is 5.98. The van der Waals surface area contributed by atoms with E-state index in [4.69, 9.17) is 10.2 Å². The van der Waals surface area contributed by atoms with Gasteiger partial charge in [0.2, 0.25) is 0 Å². The Hall–Kier alpha value is -0.0600. The Balaban J connectivity index is -0.00000200. The molecule has 0 saturated carbocycles. The Kier molecular flexibility index (Phi) is 16.0. The monoisotopic (exact) mass is 324 g/mol. The SMILES string of the molecule is CCCCCCCCCCCCC(CC)(C(=O)O)C(=O)O.[H-].[Na+]. The average Bonchev–Trinajstić information content (AvgIpc) is 2.44. The van der Waals surface area contributed by atoms with E-state index in [1.165, 1.54) is 44.9 Å². The van der Waals surface area contributed by atoms with E-state index in [1.54, 1.807) is 6.92 Å². The molecule has 0 bridgehead atoms. The van der Waals surface area contributed by atoms with E-state index in [0.29, 0.717) is 6.42 Å². The van der Waals surface area contributed by atoms with Crippen molar-refractivity contribution >= 4 is 11.9 Å². The minimum atomic E-state index is -1.58. The van der Waals surface area contributed by atoms with Crippen molar-refractivity contribution in [3.63, 3.8) is 0 Å². The van der Waals surface area contributed by atoms with E-state index in [2.05, 4.69) is 6.92 Å². The molecule has 0 aliphatic rings. The molecule has 5 heteroatoms. The van der Waals surface area contributed by atoms with Gasteiger partial charge in [-0.1, -0.05) is 78.1 Å². The Morgan fingerprint density at radius 1 is 0.773 bits per heavy atom. The van der Waals surface area contributed by atoms with Gasteiger partial charge in [-0.15, -0.1) is 0 Å². The molecule has 126 valence electrons. The number of unbranched alkanes of at least 4 members (excludes halogenated alkanes) is 9. The standard InChI is InChI=1S/C17H32O4.Na.H/c1-3-5-6-7-8-9-10-11-12-13-14-17(4-2,15(18)19)16(20)21;;/h3-14H2,1-2H3,(H,18,19)(H,20,21);;/q;+1;-1. The van der Waals surface area contributed by atoms with E-state index in [9.17, 15) is 9.59 Å². The molecule has 0 atom stereocenters. The van der Waals surface area contributed by atoms with Crippen LogP contribution in [0.2, 0.25) is 0 Å². The fourth-order valence-electron chi connectivity index (χ4n) is 2.70. The second kappa shape index (κ2) is 14.5. The maximum absolute atomic E-state index is 11.2. The van der Waals surface area contributed by atoms with Crippen LogP contribution >= 0.6 is 0 Å². The summed E-state index contributed by atoms with van der Waals surface area (Å²) in [5.41, 5.74) is -1.58. The van der Waals surface area contributed by atoms with Crippen LogP contribution in [0.1, 0.15) is 92.3 Å².